The number of thioether (sulfide) groups is 1. The molecule has 0 amide bonds. The van der Waals surface area contributed by atoms with Gasteiger partial charge in [0.2, 0.25) is 0 Å². The third kappa shape index (κ3) is 4.28. The molecule has 0 radical (unpaired) electrons. The van der Waals surface area contributed by atoms with Crippen molar-refractivity contribution in [3.8, 4) is 5.69 Å². The van der Waals surface area contributed by atoms with Crippen molar-refractivity contribution in [3.05, 3.63) is 63.9 Å². The Morgan fingerprint density at radius 2 is 1.82 bits per heavy atom. The number of benzene rings is 2. The molecule has 0 unspecified atom stereocenters. The number of aryl methyl sites for hydroxylation is 2. The van der Waals surface area contributed by atoms with Gasteiger partial charge in [0.05, 0.1) is 23.2 Å². The fraction of sp³-hybridized carbons (Fsp3) is 0.318. The van der Waals surface area contributed by atoms with Crippen molar-refractivity contribution in [3.63, 3.8) is 0 Å². The summed E-state index contributed by atoms with van der Waals surface area (Å²) in [5.74, 6) is 0.482. The highest BCUT2D eigenvalue weighted by molar-refractivity contribution is 7.99. The predicted molar refractivity (Wildman–Crippen MR) is 113 cm³/mol. The topological polar surface area (TPSA) is 61.2 Å². The van der Waals surface area contributed by atoms with Gasteiger partial charge in [-0.3, -0.25) is 14.2 Å². The number of nitrogens with zero attached hydrogens (tertiary/aromatic N) is 2. The third-order valence-electron chi connectivity index (χ3n) is 4.47. The second-order valence-corrected chi connectivity index (χ2v) is 7.61. The minimum atomic E-state index is -0.193. The van der Waals surface area contributed by atoms with Crippen LogP contribution in [-0.4, -0.2) is 27.9 Å². The van der Waals surface area contributed by atoms with Crippen LogP contribution in [0.4, 0.5) is 0 Å². The lowest BCUT2D eigenvalue weighted by atomic mass is 10.1. The number of esters is 1. The first-order chi connectivity index (χ1) is 13.5. The summed E-state index contributed by atoms with van der Waals surface area (Å²) < 4.78 is 6.69. The molecule has 0 aliphatic rings. The molecule has 0 fully saturated rings. The van der Waals surface area contributed by atoms with E-state index in [0.717, 1.165) is 16.8 Å². The monoisotopic (exact) mass is 396 g/mol. The molecule has 0 aliphatic heterocycles. The summed E-state index contributed by atoms with van der Waals surface area (Å²) in [7, 11) is 0. The maximum atomic E-state index is 13.3. The summed E-state index contributed by atoms with van der Waals surface area (Å²) in [4.78, 5) is 29.6. The van der Waals surface area contributed by atoms with Crippen molar-refractivity contribution in [1.29, 1.82) is 0 Å². The predicted octanol–water partition coefficient (Wildman–Crippen LogP) is 4.44. The highest BCUT2D eigenvalue weighted by atomic mass is 32.2. The van der Waals surface area contributed by atoms with Crippen LogP contribution in [0.5, 0.6) is 0 Å². The van der Waals surface area contributed by atoms with Crippen molar-refractivity contribution < 1.29 is 9.53 Å². The number of para-hydroxylation sites is 2. The largest absolute Gasteiger partial charge is 0.466 e. The summed E-state index contributed by atoms with van der Waals surface area (Å²) in [5.41, 5.74) is 3.53. The molecule has 5 nitrogen and oxygen atoms in total. The van der Waals surface area contributed by atoms with Crippen molar-refractivity contribution in [2.24, 2.45) is 0 Å². The van der Waals surface area contributed by atoms with Crippen molar-refractivity contribution in [2.45, 2.75) is 38.8 Å². The van der Waals surface area contributed by atoms with Gasteiger partial charge in [0.15, 0.2) is 5.16 Å². The van der Waals surface area contributed by atoms with Gasteiger partial charge in [-0.2, -0.15) is 0 Å². The van der Waals surface area contributed by atoms with Crippen molar-refractivity contribution in [1.82, 2.24) is 9.55 Å². The Hall–Kier alpha value is -2.60. The Bertz CT molecular complexity index is 1040. The maximum Gasteiger partial charge on any atom is 0.305 e. The van der Waals surface area contributed by atoms with Crippen molar-refractivity contribution in [2.75, 3.05) is 12.4 Å². The van der Waals surface area contributed by atoms with Crippen LogP contribution in [0.15, 0.2) is 52.4 Å². The van der Waals surface area contributed by atoms with Crippen LogP contribution in [0.1, 0.15) is 30.9 Å². The first-order valence-corrected chi connectivity index (χ1v) is 10.4. The number of aromatic nitrogens is 2. The van der Waals surface area contributed by atoms with E-state index >= 15 is 0 Å². The lowest BCUT2D eigenvalue weighted by Gasteiger charge is -2.17. The van der Waals surface area contributed by atoms with Gasteiger partial charge >= 0.3 is 5.97 Å². The molecule has 0 N–H and O–H groups in total. The van der Waals surface area contributed by atoms with Crippen LogP contribution < -0.4 is 5.56 Å². The first-order valence-electron chi connectivity index (χ1n) is 9.39. The zero-order valence-electron chi connectivity index (χ0n) is 16.4. The molecule has 2 aromatic carbocycles. The van der Waals surface area contributed by atoms with Gasteiger partial charge in [-0.25, -0.2) is 4.98 Å². The van der Waals surface area contributed by atoms with E-state index in [0.29, 0.717) is 41.3 Å². The fourth-order valence-electron chi connectivity index (χ4n) is 3.18. The Labute approximate surface area is 168 Å². The van der Waals surface area contributed by atoms with Crippen LogP contribution in [0.2, 0.25) is 0 Å². The zero-order valence-corrected chi connectivity index (χ0v) is 17.2. The summed E-state index contributed by atoms with van der Waals surface area (Å²) >= 11 is 1.49. The van der Waals surface area contributed by atoms with E-state index in [1.54, 1.807) is 11.5 Å². The molecule has 1 heterocycles. The Kier molecular flexibility index (Phi) is 6.52. The molecule has 0 saturated carbocycles. The van der Waals surface area contributed by atoms with Crippen LogP contribution >= 0.6 is 11.8 Å². The normalized spacial score (nSPS) is 11.0. The Morgan fingerprint density at radius 1 is 1.11 bits per heavy atom. The molecule has 0 atom stereocenters. The number of carbonyl (C=O) groups excluding carboxylic acids is 1. The number of hydrogen-bond donors (Lipinski definition) is 0. The van der Waals surface area contributed by atoms with Gasteiger partial charge < -0.3 is 4.74 Å². The molecule has 3 aromatic rings. The average molecular weight is 397 g/mol. The number of rotatable bonds is 7. The SMILES string of the molecule is CCOC(=O)CCCSc1nc2ccccc2c(=O)n1-c1c(C)cccc1C. The quantitative estimate of drug-likeness (QED) is 0.256. The summed E-state index contributed by atoms with van der Waals surface area (Å²) in [6.45, 7) is 6.19. The van der Waals surface area contributed by atoms with Crippen LogP contribution in [0, 0.1) is 13.8 Å². The Morgan fingerprint density at radius 3 is 2.54 bits per heavy atom. The van der Waals surface area contributed by atoms with Gasteiger partial charge in [0.25, 0.3) is 5.56 Å². The van der Waals surface area contributed by atoms with Crippen LogP contribution in [-0.2, 0) is 9.53 Å². The smallest absolute Gasteiger partial charge is 0.305 e. The second kappa shape index (κ2) is 9.06. The van der Waals surface area contributed by atoms with Gasteiger partial charge in [-0.05, 0) is 50.5 Å². The minimum Gasteiger partial charge on any atom is -0.466 e. The van der Waals surface area contributed by atoms with E-state index in [2.05, 4.69) is 0 Å². The van der Waals surface area contributed by atoms with E-state index in [-0.39, 0.29) is 11.5 Å². The number of hydrogen-bond acceptors (Lipinski definition) is 5. The zero-order chi connectivity index (χ0) is 20.1. The van der Waals surface area contributed by atoms with Gasteiger partial charge in [0.1, 0.15) is 0 Å². The molecular weight excluding hydrogens is 372 g/mol. The highest BCUT2D eigenvalue weighted by Crippen LogP contribution is 2.26. The van der Waals surface area contributed by atoms with E-state index in [9.17, 15) is 9.59 Å². The summed E-state index contributed by atoms with van der Waals surface area (Å²) in [5, 5.41) is 1.24. The highest BCUT2D eigenvalue weighted by Gasteiger charge is 2.16. The minimum absolute atomic E-state index is 0.0732. The molecule has 0 spiro atoms. The average Bonchev–Trinajstić information content (AvgIpc) is 2.67. The summed E-state index contributed by atoms with van der Waals surface area (Å²) in [6.07, 6.45) is 1.03. The lowest BCUT2D eigenvalue weighted by Crippen LogP contribution is -2.23. The van der Waals surface area contributed by atoms with Crippen LogP contribution in [0.3, 0.4) is 0 Å². The van der Waals surface area contributed by atoms with Crippen LogP contribution in [0.25, 0.3) is 16.6 Å². The van der Waals surface area contributed by atoms with Gasteiger partial charge in [0, 0.05) is 12.2 Å². The number of ether oxygens (including phenoxy) is 1. The number of fused-ring (bicyclic) bond motifs is 1. The van der Waals surface area contributed by atoms with Gasteiger partial charge in [-0.1, -0.05) is 42.1 Å². The van der Waals surface area contributed by atoms with E-state index in [1.807, 2.05) is 56.3 Å². The Balaban J connectivity index is 2.01. The molecule has 0 aliphatic carbocycles. The third-order valence-corrected chi connectivity index (χ3v) is 5.49. The fourth-order valence-corrected chi connectivity index (χ4v) is 4.12. The van der Waals surface area contributed by atoms with E-state index < -0.39 is 0 Å². The molecule has 6 heteroatoms. The molecular formula is C22H24N2O3S. The molecule has 3 rings (SSSR count). The van der Waals surface area contributed by atoms with E-state index in [4.69, 9.17) is 9.72 Å². The molecule has 146 valence electrons. The molecule has 0 bridgehead atoms. The van der Waals surface area contributed by atoms with Gasteiger partial charge in [-0.15, -0.1) is 0 Å². The first kappa shape index (κ1) is 20.1. The number of carbonyl (C=O) groups is 1. The standard InChI is InChI=1S/C22H24N2O3S/c1-4-27-19(25)13-8-14-28-22-23-18-12-6-5-11-17(18)21(26)24(22)20-15(2)9-7-10-16(20)3/h5-7,9-12H,4,8,13-14H2,1-3H3. The van der Waals surface area contributed by atoms with Crippen molar-refractivity contribution >= 4 is 28.6 Å². The molecule has 0 saturated heterocycles. The molecule has 1 aromatic heterocycles. The lowest BCUT2D eigenvalue weighted by molar-refractivity contribution is -0.143. The summed E-state index contributed by atoms with van der Waals surface area (Å²) in [6, 6.07) is 13.4. The molecule has 28 heavy (non-hydrogen) atoms. The second-order valence-electron chi connectivity index (χ2n) is 6.55. The maximum absolute atomic E-state index is 13.3. The van der Waals surface area contributed by atoms with E-state index in [1.165, 1.54) is 11.8 Å².